The van der Waals surface area contributed by atoms with Crippen molar-refractivity contribution in [2.75, 3.05) is 26.2 Å². The Morgan fingerprint density at radius 2 is 1.91 bits per heavy atom. The summed E-state index contributed by atoms with van der Waals surface area (Å²) >= 11 is 0. The summed E-state index contributed by atoms with van der Waals surface area (Å²) in [6.07, 6.45) is 0.676. The quantitative estimate of drug-likeness (QED) is 0.581. The second-order valence-corrected chi connectivity index (χ2v) is 3.27. The van der Waals surface area contributed by atoms with Gasteiger partial charge in [0.1, 0.15) is 0 Å². The molecule has 1 aliphatic heterocycles. The lowest BCUT2D eigenvalue weighted by Gasteiger charge is -2.34. The minimum Gasteiger partial charge on any atom is -0.373 e. The van der Waals surface area contributed by atoms with Crippen LogP contribution in [0.3, 0.4) is 0 Å². The van der Waals surface area contributed by atoms with Gasteiger partial charge in [0.2, 0.25) is 0 Å². The lowest BCUT2D eigenvalue weighted by atomic mass is 10.2. The molecule has 0 saturated carbocycles. The van der Waals surface area contributed by atoms with Gasteiger partial charge in [0.05, 0.1) is 12.2 Å². The normalized spacial score (nSPS) is 34.1. The smallest absolute Gasteiger partial charge is 0.0678 e. The van der Waals surface area contributed by atoms with E-state index in [1.54, 1.807) is 0 Å². The molecule has 0 aromatic heterocycles. The van der Waals surface area contributed by atoms with Gasteiger partial charge in [-0.15, -0.1) is 0 Å². The summed E-state index contributed by atoms with van der Waals surface area (Å²) in [5, 5.41) is 0. The van der Waals surface area contributed by atoms with Crippen LogP contribution in [0.15, 0.2) is 0 Å². The van der Waals surface area contributed by atoms with Gasteiger partial charge >= 0.3 is 0 Å². The molecule has 1 heterocycles. The van der Waals surface area contributed by atoms with Gasteiger partial charge in [-0.05, 0) is 13.8 Å². The predicted molar refractivity (Wildman–Crippen MR) is 44.4 cm³/mol. The van der Waals surface area contributed by atoms with Gasteiger partial charge < -0.3 is 4.74 Å². The minimum absolute atomic E-state index is 0.338. The third-order valence-corrected chi connectivity index (χ3v) is 1.92. The van der Waals surface area contributed by atoms with Crippen LogP contribution in [0.1, 0.15) is 13.8 Å². The van der Waals surface area contributed by atoms with Crippen molar-refractivity contribution >= 4 is 0 Å². The van der Waals surface area contributed by atoms with Gasteiger partial charge in [-0.1, -0.05) is 0 Å². The molecule has 2 atom stereocenters. The summed E-state index contributed by atoms with van der Waals surface area (Å²) in [6.45, 7) is 7.54. The lowest BCUT2D eigenvalue weighted by molar-refractivity contribution is -0.0670. The Labute approximate surface area is 68.5 Å². The Morgan fingerprint density at radius 3 is 2.36 bits per heavy atom. The molecule has 1 saturated heterocycles. The molecule has 0 aromatic rings. The van der Waals surface area contributed by atoms with Crippen molar-refractivity contribution in [1.82, 2.24) is 10.6 Å². The zero-order valence-electron chi connectivity index (χ0n) is 7.34. The van der Waals surface area contributed by atoms with E-state index in [1.165, 1.54) is 0 Å². The fourth-order valence-corrected chi connectivity index (χ4v) is 1.63. The molecule has 1 aliphatic rings. The van der Waals surface area contributed by atoms with E-state index in [2.05, 4.69) is 18.7 Å². The van der Waals surface area contributed by atoms with Gasteiger partial charge in [-0.25, -0.2) is 0 Å². The Hall–Kier alpha value is -0.120. The number of nitrogens with one attached hydrogen (secondary N) is 1. The first-order valence-corrected chi connectivity index (χ1v) is 4.24. The first kappa shape index (κ1) is 8.97. The highest BCUT2D eigenvalue weighted by Gasteiger charge is 2.20. The van der Waals surface area contributed by atoms with Crippen molar-refractivity contribution in [3.8, 4) is 0 Å². The summed E-state index contributed by atoms with van der Waals surface area (Å²) in [7, 11) is 0. The summed E-state index contributed by atoms with van der Waals surface area (Å²) in [6, 6.07) is 0. The first-order chi connectivity index (χ1) is 5.22. The molecule has 1 radical (unpaired) electrons. The van der Waals surface area contributed by atoms with Crippen LogP contribution in [0.4, 0.5) is 0 Å². The van der Waals surface area contributed by atoms with Crippen LogP contribution in [-0.2, 0) is 4.74 Å². The molecule has 1 fully saturated rings. The maximum Gasteiger partial charge on any atom is 0.0678 e. The standard InChI is InChI=1S/C8H17N2O/c1-7-5-10(4-3-9)6-8(2)11-7/h7-9H,3-6H2,1-2H3/t7-,8+. The van der Waals surface area contributed by atoms with Gasteiger partial charge in [0, 0.05) is 26.2 Å². The maximum atomic E-state index is 7.09. The van der Waals surface area contributed by atoms with Gasteiger partial charge in [-0.3, -0.25) is 10.6 Å². The van der Waals surface area contributed by atoms with Crippen molar-refractivity contribution in [1.29, 1.82) is 0 Å². The number of nitrogens with zero attached hydrogens (tertiary/aromatic N) is 1. The van der Waals surface area contributed by atoms with Gasteiger partial charge in [0.25, 0.3) is 0 Å². The molecule has 3 nitrogen and oxygen atoms in total. The lowest BCUT2D eigenvalue weighted by Crippen LogP contribution is -2.46. The molecule has 1 rings (SSSR count). The van der Waals surface area contributed by atoms with Gasteiger partial charge in [-0.2, -0.15) is 0 Å². The van der Waals surface area contributed by atoms with Crippen molar-refractivity contribution in [3.63, 3.8) is 0 Å². The molecule has 0 unspecified atom stereocenters. The number of morpholine rings is 1. The van der Waals surface area contributed by atoms with E-state index >= 15 is 0 Å². The van der Waals surface area contributed by atoms with Gasteiger partial charge in [0.15, 0.2) is 0 Å². The Balaban J connectivity index is 2.30. The van der Waals surface area contributed by atoms with Crippen LogP contribution in [0.5, 0.6) is 0 Å². The Morgan fingerprint density at radius 1 is 1.36 bits per heavy atom. The van der Waals surface area contributed by atoms with E-state index in [1.807, 2.05) is 0 Å². The van der Waals surface area contributed by atoms with Crippen molar-refractivity contribution in [3.05, 3.63) is 0 Å². The SMILES string of the molecule is C[C@@H]1CN(CC[NH])C[C@H](C)O1. The first-order valence-electron chi connectivity index (χ1n) is 4.24. The molecule has 0 spiro atoms. The zero-order valence-corrected chi connectivity index (χ0v) is 7.34. The van der Waals surface area contributed by atoms with Crippen molar-refractivity contribution in [2.45, 2.75) is 26.1 Å². The number of ether oxygens (including phenoxy) is 1. The molecule has 0 bridgehead atoms. The van der Waals surface area contributed by atoms with Crippen molar-refractivity contribution in [2.24, 2.45) is 0 Å². The maximum absolute atomic E-state index is 7.09. The molecule has 11 heavy (non-hydrogen) atoms. The molecular weight excluding hydrogens is 140 g/mol. The van der Waals surface area contributed by atoms with E-state index in [9.17, 15) is 0 Å². The summed E-state index contributed by atoms with van der Waals surface area (Å²) in [4.78, 5) is 2.30. The number of rotatable bonds is 2. The van der Waals surface area contributed by atoms with Crippen LogP contribution >= 0.6 is 0 Å². The molecule has 1 N–H and O–H groups in total. The van der Waals surface area contributed by atoms with Crippen LogP contribution in [0.25, 0.3) is 0 Å². The van der Waals surface area contributed by atoms with E-state index in [0.29, 0.717) is 18.8 Å². The minimum atomic E-state index is 0.338. The third-order valence-electron chi connectivity index (χ3n) is 1.92. The Kier molecular flexibility index (Phi) is 3.30. The molecule has 65 valence electrons. The molecule has 3 heteroatoms. The van der Waals surface area contributed by atoms with Crippen LogP contribution in [-0.4, -0.2) is 43.3 Å². The molecular formula is C8H17N2O. The van der Waals surface area contributed by atoms with Crippen LogP contribution in [0, 0.1) is 0 Å². The fraction of sp³-hybridized carbons (Fsp3) is 1.00. The highest BCUT2D eigenvalue weighted by Crippen LogP contribution is 2.09. The highest BCUT2D eigenvalue weighted by atomic mass is 16.5. The molecule has 0 amide bonds. The summed E-state index contributed by atoms with van der Waals surface area (Å²) < 4.78 is 5.56. The second kappa shape index (κ2) is 4.04. The monoisotopic (exact) mass is 157 g/mol. The van der Waals surface area contributed by atoms with Crippen LogP contribution in [0.2, 0.25) is 0 Å². The average Bonchev–Trinajstić information content (AvgIpc) is 1.85. The highest BCUT2D eigenvalue weighted by molar-refractivity contribution is 4.72. The topological polar surface area (TPSA) is 36.3 Å². The van der Waals surface area contributed by atoms with E-state index in [4.69, 9.17) is 10.5 Å². The second-order valence-electron chi connectivity index (χ2n) is 3.27. The number of hydrogen-bond acceptors (Lipinski definition) is 2. The molecule has 0 aliphatic carbocycles. The predicted octanol–water partition coefficient (Wildman–Crippen LogP) is 0.378. The largest absolute Gasteiger partial charge is 0.373 e. The third kappa shape index (κ3) is 2.77. The van der Waals surface area contributed by atoms with E-state index in [-0.39, 0.29) is 0 Å². The number of hydrogen-bond donors (Lipinski definition) is 0. The Bertz CT molecular complexity index is 109. The summed E-state index contributed by atoms with van der Waals surface area (Å²) in [5.41, 5.74) is 7.09. The van der Waals surface area contributed by atoms with E-state index in [0.717, 1.165) is 19.6 Å². The van der Waals surface area contributed by atoms with E-state index < -0.39 is 0 Å². The van der Waals surface area contributed by atoms with Crippen molar-refractivity contribution < 1.29 is 4.74 Å². The fourth-order valence-electron chi connectivity index (χ4n) is 1.63. The zero-order chi connectivity index (χ0) is 8.27. The summed E-state index contributed by atoms with van der Waals surface area (Å²) in [5.74, 6) is 0. The van der Waals surface area contributed by atoms with Crippen LogP contribution < -0.4 is 5.73 Å². The molecule has 0 aromatic carbocycles. The average molecular weight is 157 g/mol.